The van der Waals surface area contributed by atoms with Crippen LogP contribution in [0.3, 0.4) is 0 Å². The normalized spacial score (nSPS) is 14.2. The van der Waals surface area contributed by atoms with Gasteiger partial charge in [0.2, 0.25) is 0 Å². The second-order valence-electron chi connectivity index (χ2n) is 3.57. The van der Waals surface area contributed by atoms with Crippen LogP contribution in [0.2, 0.25) is 5.02 Å². The van der Waals surface area contributed by atoms with Gasteiger partial charge in [0.05, 0.1) is 0 Å². The van der Waals surface area contributed by atoms with Gasteiger partial charge in [-0.2, -0.15) is 0 Å². The molecule has 2 atom stereocenters. The van der Waals surface area contributed by atoms with Gasteiger partial charge >= 0.3 is 5.97 Å². The average Bonchev–Trinajstić information content (AvgIpc) is 2.20. The standard InChI is InChI=1S/C11H14ClNO3/c1-6(13)9-5-8(12)3-4-10(9)16-7(2)11(14)15/h3-7H,13H2,1-2H3,(H,14,15)/t6-,7?/m0/s1. The third kappa shape index (κ3) is 3.12. The Balaban J connectivity index is 2.99. The number of halogens is 1. The topological polar surface area (TPSA) is 72.5 Å². The van der Waals surface area contributed by atoms with Crippen LogP contribution in [0, 0.1) is 0 Å². The van der Waals surface area contributed by atoms with E-state index in [-0.39, 0.29) is 6.04 Å². The third-order valence-electron chi connectivity index (χ3n) is 2.11. The number of carboxylic acid groups (broad SMARTS) is 1. The summed E-state index contributed by atoms with van der Waals surface area (Å²) in [6.45, 7) is 3.24. The molecule has 0 heterocycles. The summed E-state index contributed by atoms with van der Waals surface area (Å²) in [5.41, 5.74) is 6.44. The number of nitrogens with two attached hydrogens (primary N) is 1. The van der Waals surface area contributed by atoms with Crippen LogP contribution in [0.1, 0.15) is 25.5 Å². The van der Waals surface area contributed by atoms with E-state index in [1.54, 1.807) is 25.1 Å². The van der Waals surface area contributed by atoms with E-state index in [0.717, 1.165) is 0 Å². The highest BCUT2D eigenvalue weighted by atomic mass is 35.5. The number of hydrogen-bond acceptors (Lipinski definition) is 3. The van der Waals surface area contributed by atoms with Gasteiger partial charge in [-0.25, -0.2) is 4.79 Å². The Labute approximate surface area is 99.0 Å². The van der Waals surface area contributed by atoms with Crippen molar-refractivity contribution in [3.05, 3.63) is 28.8 Å². The van der Waals surface area contributed by atoms with Crippen LogP contribution in [-0.4, -0.2) is 17.2 Å². The number of aliphatic carboxylic acids is 1. The van der Waals surface area contributed by atoms with Crippen LogP contribution >= 0.6 is 11.6 Å². The van der Waals surface area contributed by atoms with Gasteiger partial charge < -0.3 is 15.6 Å². The molecule has 0 aromatic heterocycles. The van der Waals surface area contributed by atoms with E-state index in [9.17, 15) is 4.79 Å². The first-order chi connectivity index (χ1) is 7.41. The van der Waals surface area contributed by atoms with Gasteiger partial charge in [-0.3, -0.25) is 0 Å². The molecular weight excluding hydrogens is 230 g/mol. The SMILES string of the molecule is CC(Oc1ccc(Cl)cc1[C@H](C)N)C(=O)O. The summed E-state index contributed by atoms with van der Waals surface area (Å²) in [4.78, 5) is 10.7. The Morgan fingerprint density at radius 3 is 2.62 bits per heavy atom. The van der Waals surface area contributed by atoms with Crippen molar-refractivity contribution in [1.29, 1.82) is 0 Å². The summed E-state index contributed by atoms with van der Waals surface area (Å²) in [7, 11) is 0. The molecule has 0 aliphatic rings. The Bertz CT molecular complexity index is 393. The van der Waals surface area contributed by atoms with E-state index in [0.29, 0.717) is 16.3 Å². The zero-order valence-corrected chi connectivity index (χ0v) is 9.86. The fraction of sp³-hybridized carbons (Fsp3) is 0.364. The number of hydrogen-bond donors (Lipinski definition) is 2. The Morgan fingerprint density at radius 2 is 2.12 bits per heavy atom. The molecule has 1 aromatic carbocycles. The van der Waals surface area contributed by atoms with Crippen molar-refractivity contribution in [3.8, 4) is 5.75 Å². The molecule has 0 spiro atoms. The molecule has 0 aliphatic carbocycles. The van der Waals surface area contributed by atoms with Crippen molar-refractivity contribution in [1.82, 2.24) is 0 Å². The number of carbonyl (C=O) groups is 1. The lowest BCUT2D eigenvalue weighted by molar-refractivity contribution is -0.144. The Hall–Kier alpha value is -1.26. The van der Waals surface area contributed by atoms with E-state index in [1.807, 2.05) is 0 Å². The van der Waals surface area contributed by atoms with E-state index < -0.39 is 12.1 Å². The molecule has 0 radical (unpaired) electrons. The summed E-state index contributed by atoms with van der Waals surface area (Å²) in [6, 6.07) is 4.67. The number of rotatable bonds is 4. The summed E-state index contributed by atoms with van der Waals surface area (Å²) in [5, 5.41) is 9.29. The molecule has 16 heavy (non-hydrogen) atoms. The van der Waals surface area contributed by atoms with Gasteiger partial charge in [0.25, 0.3) is 0 Å². The molecule has 1 unspecified atom stereocenters. The highest BCUT2D eigenvalue weighted by molar-refractivity contribution is 6.30. The second-order valence-corrected chi connectivity index (χ2v) is 4.01. The van der Waals surface area contributed by atoms with Crippen LogP contribution in [-0.2, 0) is 4.79 Å². The highest BCUT2D eigenvalue weighted by Gasteiger charge is 2.16. The van der Waals surface area contributed by atoms with E-state index >= 15 is 0 Å². The zero-order valence-electron chi connectivity index (χ0n) is 9.11. The van der Waals surface area contributed by atoms with Crippen LogP contribution in [0.15, 0.2) is 18.2 Å². The maximum absolute atomic E-state index is 10.7. The van der Waals surface area contributed by atoms with Crippen molar-refractivity contribution >= 4 is 17.6 Å². The predicted molar refractivity (Wildman–Crippen MR) is 61.8 cm³/mol. The quantitative estimate of drug-likeness (QED) is 0.851. The van der Waals surface area contributed by atoms with Gasteiger partial charge in [0.15, 0.2) is 6.10 Å². The molecule has 3 N–H and O–H groups in total. The fourth-order valence-electron chi connectivity index (χ4n) is 1.22. The van der Waals surface area contributed by atoms with Gasteiger partial charge in [0.1, 0.15) is 5.75 Å². The van der Waals surface area contributed by atoms with Gasteiger partial charge in [-0.15, -0.1) is 0 Å². The van der Waals surface area contributed by atoms with E-state index in [1.165, 1.54) is 6.92 Å². The Kier molecular flexibility index (Phi) is 4.15. The van der Waals surface area contributed by atoms with E-state index in [2.05, 4.69) is 0 Å². The molecule has 0 saturated carbocycles. The van der Waals surface area contributed by atoms with Gasteiger partial charge in [-0.1, -0.05) is 11.6 Å². The summed E-state index contributed by atoms with van der Waals surface area (Å²) >= 11 is 5.83. The van der Waals surface area contributed by atoms with Crippen molar-refractivity contribution in [3.63, 3.8) is 0 Å². The van der Waals surface area contributed by atoms with Crippen molar-refractivity contribution in [2.75, 3.05) is 0 Å². The van der Waals surface area contributed by atoms with Gasteiger partial charge in [-0.05, 0) is 32.0 Å². The number of ether oxygens (including phenoxy) is 1. The lowest BCUT2D eigenvalue weighted by Crippen LogP contribution is -2.24. The molecule has 0 fully saturated rings. The first-order valence-corrected chi connectivity index (χ1v) is 5.24. The first-order valence-electron chi connectivity index (χ1n) is 4.86. The molecule has 0 aliphatic heterocycles. The minimum atomic E-state index is -1.02. The molecule has 1 rings (SSSR count). The molecular formula is C11H14ClNO3. The fourth-order valence-corrected chi connectivity index (χ4v) is 1.40. The van der Waals surface area contributed by atoms with Crippen molar-refractivity contribution in [2.24, 2.45) is 5.73 Å². The highest BCUT2D eigenvalue weighted by Crippen LogP contribution is 2.27. The molecule has 0 amide bonds. The minimum Gasteiger partial charge on any atom is -0.479 e. The molecule has 1 aromatic rings. The van der Waals surface area contributed by atoms with E-state index in [4.69, 9.17) is 27.2 Å². The monoisotopic (exact) mass is 243 g/mol. The van der Waals surface area contributed by atoms with Crippen molar-refractivity contribution in [2.45, 2.75) is 26.0 Å². The number of carboxylic acids is 1. The van der Waals surface area contributed by atoms with Crippen LogP contribution < -0.4 is 10.5 Å². The summed E-state index contributed by atoms with van der Waals surface area (Å²) < 4.78 is 5.29. The lowest BCUT2D eigenvalue weighted by atomic mass is 10.1. The zero-order chi connectivity index (χ0) is 12.3. The maximum Gasteiger partial charge on any atom is 0.344 e. The molecule has 88 valence electrons. The van der Waals surface area contributed by atoms with Crippen LogP contribution in [0.4, 0.5) is 0 Å². The largest absolute Gasteiger partial charge is 0.479 e. The summed E-state index contributed by atoms with van der Waals surface area (Å²) in [6.07, 6.45) is -0.918. The van der Waals surface area contributed by atoms with Crippen molar-refractivity contribution < 1.29 is 14.6 Å². The Morgan fingerprint density at radius 1 is 1.50 bits per heavy atom. The van der Waals surface area contributed by atoms with Crippen LogP contribution in [0.5, 0.6) is 5.75 Å². The average molecular weight is 244 g/mol. The third-order valence-corrected chi connectivity index (χ3v) is 2.35. The molecule has 0 bridgehead atoms. The minimum absolute atomic E-state index is 0.269. The van der Waals surface area contributed by atoms with Gasteiger partial charge in [0, 0.05) is 16.6 Å². The number of benzene rings is 1. The predicted octanol–water partition coefficient (Wildman–Crippen LogP) is 2.21. The molecule has 0 saturated heterocycles. The second kappa shape index (κ2) is 5.18. The smallest absolute Gasteiger partial charge is 0.344 e. The van der Waals surface area contributed by atoms with Crippen LogP contribution in [0.25, 0.3) is 0 Å². The maximum atomic E-state index is 10.7. The summed E-state index contributed by atoms with van der Waals surface area (Å²) in [5.74, 6) is -0.570. The molecule has 4 nitrogen and oxygen atoms in total. The first kappa shape index (κ1) is 12.8. The lowest BCUT2D eigenvalue weighted by Gasteiger charge is -2.16. The molecule has 5 heteroatoms.